The molecule has 0 radical (unpaired) electrons. The molecule has 1 aliphatic rings. The number of hydrogen-bond acceptors (Lipinski definition) is 0. The molecule has 0 unspecified atom stereocenters. The second kappa shape index (κ2) is 7.95. The van der Waals surface area contributed by atoms with E-state index >= 15 is 0 Å². The van der Waals surface area contributed by atoms with E-state index in [4.69, 9.17) is 0 Å². The predicted octanol–water partition coefficient (Wildman–Crippen LogP) is 7.04. The first kappa shape index (κ1) is 17.8. The summed E-state index contributed by atoms with van der Waals surface area (Å²) >= 11 is 0. The Morgan fingerprint density at radius 2 is 1.64 bits per heavy atom. The third-order valence-corrected chi connectivity index (χ3v) is 5.64. The molecule has 0 heterocycles. The zero-order valence-corrected chi connectivity index (χ0v) is 14.9. The lowest BCUT2D eigenvalue weighted by molar-refractivity contribution is 0.319. The number of allylic oxidation sites excluding steroid dienone is 1. The third-order valence-electron chi connectivity index (χ3n) is 5.64. The molecule has 1 fully saturated rings. The Kier molecular flexibility index (Phi) is 5.67. The van der Waals surface area contributed by atoms with Gasteiger partial charge in [0.25, 0.3) is 0 Å². The van der Waals surface area contributed by atoms with E-state index in [9.17, 15) is 8.78 Å². The van der Waals surface area contributed by atoms with Crippen LogP contribution in [0.5, 0.6) is 0 Å². The van der Waals surface area contributed by atoms with Gasteiger partial charge in [0, 0.05) is 5.56 Å². The van der Waals surface area contributed by atoms with Crippen LogP contribution in [0.1, 0.15) is 56.1 Å². The number of halogens is 2. The minimum Gasteiger partial charge on any atom is -0.203 e. The van der Waals surface area contributed by atoms with E-state index in [0.29, 0.717) is 23.5 Å². The molecule has 0 atom stereocenters. The zero-order valence-electron chi connectivity index (χ0n) is 14.9. The molecule has 2 aromatic rings. The quantitative estimate of drug-likeness (QED) is 0.512. The van der Waals surface area contributed by atoms with Crippen LogP contribution in [0.3, 0.4) is 0 Å². The lowest BCUT2D eigenvalue weighted by atomic mass is 9.77. The normalized spacial score (nSPS) is 20.4. The van der Waals surface area contributed by atoms with E-state index in [1.165, 1.54) is 37.7 Å². The maximum Gasteiger partial charge on any atom is 0.166 e. The van der Waals surface area contributed by atoms with Crippen LogP contribution in [0.15, 0.2) is 49.1 Å². The minimum atomic E-state index is -0.768. The molecule has 0 aliphatic heterocycles. The van der Waals surface area contributed by atoms with Crippen molar-refractivity contribution in [2.45, 2.75) is 51.4 Å². The Balaban J connectivity index is 1.79. The number of rotatable bonds is 5. The summed E-state index contributed by atoms with van der Waals surface area (Å²) in [6, 6.07) is 11.3. The summed E-state index contributed by atoms with van der Waals surface area (Å²) in [4.78, 5) is 0. The summed E-state index contributed by atoms with van der Waals surface area (Å²) in [6.07, 6.45) is 8.26. The van der Waals surface area contributed by atoms with Gasteiger partial charge in [0.1, 0.15) is 0 Å². The van der Waals surface area contributed by atoms with Gasteiger partial charge in [-0.15, -0.1) is 6.58 Å². The van der Waals surface area contributed by atoms with Crippen molar-refractivity contribution in [2.24, 2.45) is 5.92 Å². The molecule has 25 heavy (non-hydrogen) atoms. The molecule has 0 saturated heterocycles. The van der Waals surface area contributed by atoms with Crippen molar-refractivity contribution in [3.8, 4) is 11.1 Å². The molecule has 0 spiro atoms. The van der Waals surface area contributed by atoms with Crippen molar-refractivity contribution in [3.63, 3.8) is 0 Å². The highest BCUT2D eigenvalue weighted by atomic mass is 19.2. The van der Waals surface area contributed by atoms with Crippen molar-refractivity contribution >= 4 is 0 Å². The largest absolute Gasteiger partial charge is 0.203 e. The second-order valence-corrected chi connectivity index (χ2v) is 7.14. The number of benzene rings is 2. The lowest BCUT2D eigenvalue weighted by Gasteiger charge is -2.28. The molecule has 3 rings (SSSR count). The first-order valence-electron chi connectivity index (χ1n) is 9.32. The Bertz CT molecular complexity index is 723. The van der Waals surface area contributed by atoms with Crippen LogP contribution in [-0.2, 0) is 6.42 Å². The van der Waals surface area contributed by atoms with E-state index in [2.05, 4.69) is 25.6 Å². The predicted molar refractivity (Wildman–Crippen MR) is 101 cm³/mol. The molecule has 132 valence electrons. The Morgan fingerprint density at radius 3 is 2.24 bits per heavy atom. The highest BCUT2D eigenvalue weighted by Gasteiger charge is 2.21. The van der Waals surface area contributed by atoms with Gasteiger partial charge in [-0.25, -0.2) is 8.78 Å². The van der Waals surface area contributed by atoms with Crippen molar-refractivity contribution in [1.29, 1.82) is 0 Å². The van der Waals surface area contributed by atoms with Crippen molar-refractivity contribution in [1.82, 2.24) is 0 Å². The van der Waals surface area contributed by atoms with Gasteiger partial charge in [-0.1, -0.05) is 55.8 Å². The summed E-state index contributed by atoms with van der Waals surface area (Å²) in [5.74, 6) is -0.0509. The van der Waals surface area contributed by atoms with Gasteiger partial charge in [-0.05, 0) is 60.6 Å². The molecule has 2 aromatic carbocycles. The Labute approximate surface area is 149 Å². The number of hydrogen-bond donors (Lipinski definition) is 0. The van der Waals surface area contributed by atoms with Crippen LogP contribution in [0, 0.1) is 17.6 Å². The van der Waals surface area contributed by atoms with E-state index < -0.39 is 11.6 Å². The summed E-state index contributed by atoms with van der Waals surface area (Å²) in [5, 5.41) is 0. The molecule has 0 aromatic heterocycles. The van der Waals surface area contributed by atoms with Gasteiger partial charge < -0.3 is 0 Å². The average Bonchev–Trinajstić information content (AvgIpc) is 2.66. The lowest BCUT2D eigenvalue weighted by Crippen LogP contribution is -2.12. The first-order valence-corrected chi connectivity index (χ1v) is 9.32. The highest BCUT2D eigenvalue weighted by Crippen LogP contribution is 2.37. The zero-order chi connectivity index (χ0) is 17.8. The molecule has 0 amide bonds. The van der Waals surface area contributed by atoms with Crippen molar-refractivity contribution in [2.75, 3.05) is 0 Å². The van der Waals surface area contributed by atoms with Gasteiger partial charge >= 0.3 is 0 Å². The van der Waals surface area contributed by atoms with E-state index in [1.54, 1.807) is 18.2 Å². The molecular weight excluding hydrogens is 314 g/mol. The SMILES string of the molecule is C=CCc1ccc(-c2ccc(C3CCC(CC)CC3)cc2)c(F)c1F. The second-order valence-electron chi connectivity index (χ2n) is 7.14. The third kappa shape index (κ3) is 3.84. The van der Waals surface area contributed by atoms with Gasteiger partial charge in [0.2, 0.25) is 0 Å². The van der Waals surface area contributed by atoms with Gasteiger partial charge in [-0.3, -0.25) is 0 Å². The fourth-order valence-corrected chi connectivity index (χ4v) is 3.96. The van der Waals surface area contributed by atoms with Crippen molar-refractivity contribution in [3.05, 3.63) is 71.8 Å². The smallest absolute Gasteiger partial charge is 0.166 e. The monoisotopic (exact) mass is 340 g/mol. The van der Waals surface area contributed by atoms with Crippen LogP contribution in [0.4, 0.5) is 8.78 Å². The topological polar surface area (TPSA) is 0 Å². The summed E-state index contributed by atoms with van der Waals surface area (Å²) < 4.78 is 28.6. The van der Waals surface area contributed by atoms with Crippen LogP contribution >= 0.6 is 0 Å². The van der Waals surface area contributed by atoms with Crippen molar-refractivity contribution < 1.29 is 8.78 Å². The first-order chi connectivity index (χ1) is 12.1. The maximum absolute atomic E-state index is 14.4. The van der Waals surface area contributed by atoms with E-state index in [0.717, 1.165) is 11.5 Å². The van der Waals surface area contributed by atoms with Gasteiger partial charge in [0.15, 0.2) is 11.6 Å². The van der Waals surface area contributed by atoms with E-state index in [-0.39, 0.29) is 0 Å². The Hall–Kier alpha value is -1.96. The molecule has 1 aliphatic carbocycles. The fourth-order valence-electron chi connectivity index (χ4n) is 3.96. The average molecular weight is 340 g/mol. The Morgan fingerprint density at radius 1 is 0.960 bits per heavy atom. The molecule has 0 N–H and O–H groups in total. The standard InChI is InChI=1S/C23H26F2/c1-3-5-20-14-15-21(23(25)22(20)24)19-12-10-18(11-13-19)17-8-6-16(4-2)7-9-17/h3,10-17H,1,4-9H2,2H3. The van der Waals surface area contributed by atoms with Gasteiger partial charge in [0.05, 0.1) is 0 Å². The maximum atomic E-state index is 14.4. The molecule has 0 nitrogen and oxygen atoms in total. The van der Waals surface area contributed by atoms with E-state index in [1.807, 2.05) is 12.1 Å². The molecule has 0 bridgehead atoms. The van der Waals surface area contributed by atoms with Crippen LogP contribution in [-0.4, -0.2) is 0 Å². The summed E-state index contributed by atoms with van der Waals surface area (Å²) in [6.45, 7) is 5.85. The molecule has 2 heteroatoms. The summed E-state index contributed by atoms with van der Waals surface area (Å²) in [5.41, 5.74) is 2.72. The van der Waals surface area contributed by atoms with Crippen LogP contribution < -0.4 is 0 Å². The fraction of sp³-hybridized carbons (Fsp3) is 0.391. The van der Waals surface area contributed by atoms with Gasteiger partial charge in [-0.2, -0.15) is 0 Å². The minimum absolute atomic E-state index is 0.326. The summed E-state index contributed by atoms with van der Waals surface area (Å²) in [7, 11) is 0. The highest BCUT2D eigenvalue weighted by molar-refractivity contribution is 5.65. The van der Waals surface area contributed by atoms with Crippen LogP contribution in [0.2, 0.25) is 0 Å². The molecular formula is C23H26F2. The van der Waals surface area contributed by atoms with Crippen LogP contribution in [0.25, 0.3) is 11.1 Å². The molecule has 1 saturated carbocycles.